The van der Waals surface area contributed by atoms with Crippen molar-refractivity contribution in [3.63, 3.8) is 0 Å². The van der Waals surface area contributed by atoms with E-state index < -0.39 is 10.8 Å². The molecule has 32 heavy (non-hydrogen) atoms. The van der Waals surface area contributed by atoms with Gasteiger partial charge in [-0.2, -0.15) is 0 Å². The number of nitro benzene ring substituents is 1. The summed E-state index contributed by atoms with van der Waals surface area (Å²) >= 11 is 7.48. The average molecular weight is 470 g/mol. The molecule has 0 heterocycles. The molecule has 1 unspecified atom stereocenters. The third-order valence-corrected chi connectivity index (χ3v) is 6.16. The third kappa shape index (κ3) is 5.87. The van der Waals surface area contributed by atoms with E-state index in [0.29, 0.717) is 16.4 Å². The van der Waals surface area contributed by atoms with Crippen LogP contribution in [0.15, 0.2) is 71.6 Å². The van der Waals surface area contributed by atoms with Crippen LogP contribution < -0.4 is 10.6 Å². The van der Waals surface area contributed by atoms with E-state index >= 15 is 0 Å². The first kappa shape index (κ1) is 23.3. The van der Waals surface area contributed by atoms with Crippen LogP contribution in [0.4, 0.5) is 17.1 Å². The van der Waals surface area contributed by atoms with Crippen molar-refractivity contribution < 1.29 is 14.5 Å². The monoisotopic (exact) mass is 469 g/mol. The first-order valence-corrected chi connectivity index (χ1v) is 10.9. The van der Waals surface area contributed by atoms with Gasteiger partial charge in [-0.3, -0.25) is 19.7 Å². The Morgan fingerprint density at radius 2 is 1.72 bits per heavy atom. The zero-order chi connectivity index (χ0) is 23.3. The summed E-state index contributed by atoms with van der Waals surface area (Å²) in [6.45, 7) is 3.65. The van der Waals surface area contributed by atoms with Gasteiger partial charge in [-0.05, 0) is 61.9 Å². The minimum atomic E-state index is -0.548. The molecular formula is C23H20ClN3O4S. The number of carbonyl (C=O) groups is 2. The van der Waals surface area contributed by atoms with Crippen molar-refractivity contribution in [3.05, 3.63) is 93.0 Å². The summed E-state index contributed by atoms with van der Waals surface area (Å²) < 4.78 is 0. The topological polar surface area (TPSA) is 101 Å². The molecule has 0 bridgehead atoms. The molecule has 2 amide bonds. The van der Waals surface area contributed by atoms with Gasteiger partial charge >= 0.3 is 0 Å². The van der Waals surface area contributed by atoms with Gasteiger partial charge in [0.15, 0.2) is 0 Å². The molecule has 0 aliphatic rings. The van der Waals surface area contributed by atoms with Gasteiger partial charge in [0.1, 0.15) is 0 Å². The molecule has 0 fully saturated rings. The number of amides is 2. The molecular weight excluding hydrogens is 450 g/mol. The van der Waals surface area contributed by atoms with E-state index in [9.17, 15) is 19.7 Å². The molecule has 0 aromatic heterocycles. The maximum absolute atomic E-state index is 12.5. The van der Waals surface area contributed by atoms with Crippen LogP contribution in [0, 0.1) is 17.0 Å². The number of nitrogens with zero attached hydrogens (tertiary/aromatic N) is 1. The summed E-state index contributed by atoms with van der Waals surface area (Å²) in [7, 11) is 0. The van der Waals surface area contributed by atoms with E-state index in [0.717, 1.165) is 10.5 Å². The van der Waals surface area contributed by atoms with Crippen LogP contribution in [0.1, 0.15) is 22.8 Å². The number of halogens is 1. The number of anilines is 2. The number of benzene rings is 3. The first-order chi connectivity index (χ1) is 15.2. The van der Waals surface area contributed by atoms with Crippen LogP contribution in [0.2, 0.25) is 5.02 Å². The fourth-order valence-corrected chi connectivity index (χ4v) is 3.86. The van der Waals surface area contributed by atoms with Crippen LogP contribution in [-0.2, 0) is 4.79 Å². The van der Waals surface area contributed by atoms with Crippen molar-refractivity contribution in [1.29, 1.82) is 0 Å². The molecule has 3 aromatic rings. The molecule has 1 atom stereocenters. The zero-order valence-corrected chi connectivity index (χ0v) is 18.9. The van der Waals surface area contributed by atoms with E-state index in [1.807, 2.05) is 6.92 Å². The summed E-state index contributed by atoms with van der Waals surface area (Å²) in [6, 6.07) is 17.9. The number of rotatable bonds is 7. The smallest absolute Gasteiger partial charge is 0.270 e. The lowest BCUT2D eigenvalue weighted by atomic mass is 10.2. The molecule has 0 saturated carbocycles. The second-order valence-corrected chi connectivity index (χ2v) is 8.77. The highest BCUT2D eigenvalue weighted by molar-refractivity contribution is 8.00. The molecule has 164 valence electrons. The van der Waals surface area contributed by atoms with Crippen molar-refractivity contribution in [1.82, 2.24) is 0 Å². The molecule has 2 N–H and O–H groups in total. The lowest BCUT2D eigenvalue weighted by Crippen LogP contribution is -2.22. The Labute approximate surface area is 194 Å². The minimum Gasteiger partial charge on any atom is -0.325 e. The van der Waals surface area contributed by atoms with Crippen molar-refractivity contribution in [2.24, 2.45) is 0 Å². The molecule has 0 saturated heterocycles. The van der Waals surface area contributed by atoms with Gasteiger partial charge in [0.2, 0.25) is 5.91 Å². The van der Waals surface area contributed by atoms with Crippen molar-refractivity contribution in [2.45, 2.75) is 24.0 Å². The molecule has 0 aliphatic carbocycles. The SMILES string of the molecule is Cc1c(Cl)cccc1NC(=O)C(C)Sc1ccc(NC(=O)c2cccc([N+](=O)[O-])c2)cc1. The van der Waals surface area contributed by atoms with Gasteiger partial charge in [-0.1, -0.05) is 23.7 Å². The second kappa shape index (κ2) is 10.3. The predicted octanol–water partition coefficient (Wildman–Crippen LogP) is 5.93. The molecule has 0 spiro atoms. The Hall–Kier alpha value is -3.36. The zero-order valence-electron chi connectivity index (χ0n) is 17.3. The fourth-order valence-electron chi connectivity index (χ4n) is 2.82. The lowest BCUT2D eigenvalue weighted by molar-refractivity contribution is -0.384. The standard InChI is InChI=1S/C23H20ClN3O4S/c1-14-20(24)7-4-8-21(14)26-22(28)15(2)32-19-11-9-17(10-12-19)25-23(29)16-5-3-6-18(13-16)27(30)31/h3-13,15H,1-2H3,(H,25,29)(H,26,28). The van der Waals surface area contributed by atoms with Gasteiger partial charge in [-0.15, -0.1) is 11.8 Å². The van der Waals surface area contributed by atoms with Crippen LogP contribution in [0.3, 0.4) is 0 Å². The fraction of sp³-hybridized carbons (Fsp3) is 0.130. The maximum Gasteiger partial charge on any atom is 0.270 e. The normalized spacial score (nSPS) is 11.5. The number of non-ortho nitro benzene ring substituents is 1. The van der Waals surface area contributed by atoms with Crippen LogP contribution in [0.25, 0.3) is 0 Å². The van der Waals surface area contributed by atoms with E-state index in [2.05, 4.69) is 10.6 Å². The van der Waals surface area contributed by atoms with E-state index in [1.54, 1.807) is 49.4 Å². The Kier molecular flexibility index (Phi) is 7.50. The highest BCUT2D eigenvalue weighted by Crippen LogP contribution is 2.28. The molecule has 9 heteroatoms. The third-order valence-electron chi connectivity index (χ3n) is 4.64. The van der Waals surface area contributed by atoms with Crippen molar-refractivity contribution in [2.75, 3.05) is 10.6 Å². The Bertz CT molecular complexity index is 1170. The van der Waals surface area contributed by atoms with Crippen LogP contribution in [-0.4, -0.2) is 22.0 Å². The maximum atomic E-state index is 12.5. The quantitative estimate of drug-likeness (QED) is 0.254. The number of carbonyl (C=O) groups excluding carboxylic acids is 2. The predicted molar refractivity (Wildman–Crippen MR) is 128 cm³/mol. The minimum absolute atomic E-state index is 0.148. The molecule has 3 aromatic carbocycles. The number of nitrogens with one attached hydrogen (secondary N) is 2. The van der Waals surface area contributed by atoms with Crippen LogP contribution >= 0.6 is 23.4 Å². The van der Waals surface area contributed by atoms with Crippen molar-refractivity contribution in [3.8, 4) is 0 Å². The van der Waals surface area contributed by atoms with Gasteiger partial charge in [0, 0.05) is 39.0 Å². The number of hydrogen-bond donors (Lipinski definition) is 2. The summed E-state index contributed by atoms with van der Waals surface area (Å²) in [5, 5.41) is 16.7. The molecule has 3 rings (SSSR count). The van der Waals surface area contributed by atoms with Gasteiger partial charge in [0.25, 0.3) is 11.6 Å². The second-order valence-electron chi connectivity index (χ2n) is 6.95. The average Bonchev–Trinajstić information content (AvgIpc) is 2.78. The van der Waals surface area contributed by atoms with Gasteiger partial charge in [0.05, 0.1) is 10.2 Å². The molecule has 0 aliphatic heterocycles. The van der Waals surface area contributed by atoms with Gasteiger partial charge < -0.3 is 10.6 Å². The summed E-state index contributed by atoms with van der Waals surface area (Å²) in [5.41, 5.74) is 2.07. The largest absolute Gasteiger partial charge is 0.325 e. The summed E-state index contributed by atoms with van der Waals surface area (Å²) in [5.74, 6) is -0.595. The van der Waals surface area contributed by atoms with Crippen molar-refractivity contribution >= 4 is 52.2 Å². The molecule has 7 nitrogen and oxygen atoms in total. The van der Waals surface area contributed by atoms with E-state index in [-0.39, 0.29) is 22.4 Å². The summed E-state index contributed by atoms with van der Waals surface area (Å²) in [6.07, 6.45) is 0. The first-order valence-electron chi connectivity index (χ1n) is 9.63. The number of hydrogen-bond acceptors (Lipinski definition) is 5. The Morgan fingerprint density at radius 1 is 1.03 bits per heavy atom. The molecule has 0 radical (unpaired) electrons. The Morgan fingerprint density at radius 3 is 2.41 bits per heavy atom. The van der Waals surface area contributed by atoms with E-state index in [1.165, 1.54) is 36.0 Å². The summed E-state index contributed by atoms with van der Waals surface area (Å²) in [4.78, 5) is 36.1. The number of nitro groups is 1. The highest BCUT2D eigenvalue weighted by Gasteiger charge is 2.16. The Balaban J connectivity index is 1.60. The highest BCUT2D eigenvalue weighted by atomic mass is 35.5. The van der Waals surface area contributed by atoms with Crippen LogP contribution in [0.5, 0.6) is 0 Å². The number of thioether (sulfide) groups is 1. The van der Waals surface area contributed by atoms with Gasteiger partial charge in [-0.25, -0.2) is 0 Å². The van der Waals surface area contributed by atoms with E-state index in [4.69, 9.17) is 11.6 Å². The lowest BCUT2D eigenvalue weighted by Gasteiger charge is -2.14.